The van der Waals surface area contributed by atoms with Crippen LogP contribution in [0.25, 0.3) is 0 Å². The van der Waals surface area contributed by atoms with E-state index < -0.39 is 0 Å². The van der Waals surface area contributed by atoms with Crippen LogP contribution in [0.3, 0.4) is 0 Å². The summed E-state index contributed by atoms with van der Waals surface area (Å²) in [7, 11) is 0. The van der Waals surface area contributed by atoms with Crippen LogP contribution in [-0.4, -0.2) is 17.4 Å². The Morgan fingerprint density at radius 2 is 2.43 bits per heavy atom. The number of hydrogen-bond donors (Lipinski definition) is 2. The van der Waals surface area contributed by atoms with Crippen molar-refractivity contribution in [3.63, 3.8) is 0 Å². The van der Waals surface area contributed by atoms with E-state index in [1.165, 1.54) is 23.8 Å². The van der Waals surface area contributed by atoms with Gasteiger partial charge < -0.3 is 15.4 Å². The molecule has 110 valence electrons. The second kappa shape index (κ2) is 6.13. The maximum Gasteiger partial charge on any atom is 0.223 e. The molecule has 6 heteroatoms. The van der Waals surface area contributed by atoms with Crippen LogP contribution in [0.1, 0.15) is 24.6 Å². The average Bonchev–Trinajstić information content (AvgIpc) is 2.92. The van der Waals surface area contributed by atoms with Gasteiger partial charge in [0.1, 0.15) is 12.4 Å². The molecule has 0 unspecified atom stereocenters. The van der Waals surface area contributed by atoms with E-state index in [1.54, 1.807) is 0 Å². The normalized spacial score (nSPS) is 13.2. The van der Waals surface area contributed by atoms with Crippen molar-refractivity contribution in [2.24, 2.45) is 0 Å². The third-order valence-electron chi connectivity index (χ3n) is 3.25. The summed E-state index contributed by atoms with van der Waals surface area (Å²) in [5, 5.41) is 8.58. The number of aromatic nitrogens is 1. The van der Waals surface area contributed by atoms with E-state index >= 15 is 0 Å². The number of para-hydroxylation sites is 1. The van der Waals surface area contributed by atoms with Gasteiger partial charge in [0.25, 0.3) is 0 Å². The van der Waals surface area contributed by atoms with Crippen molar-refractivity contribution in [3.8, 4) is 5.75 Å². The van der Waals surface area contributed by atoms with Crippen LogP contribution in [0.2, 0.25) is 0 Å². The first kappa shape index (κ1) is 13.9. The molecule has 5 nitrogen and oxygen atoms in total. The first-order chi connectivity index (χ1) is 10.2. The molecule has 1 aromatic carbocycles. The number of carbonyl (C=O) groups excluding carboxylic acids is 1. The van der Waals surface area contributed by atoms with Gasteiger partial charge in [-0.05, 0) is 24.5 Å². The summed E-state index contributed by atoms with van der Waals surface area (Å²) in [5.41, 5.74) is 3.22. The minimum Gasteiger partial charge on any atom is -0.485 e. The molecule has 0 saturated heterocycles. The van der Waals surface area contributed by atoms with Gasteiger partial charge in [0.15, 0.2) is 5.13 Å². The van der Waals surface area contributed by atoms with Crippen molar-refractivity contribution < 1.29 is 9.53 Å². The van der Waals surface area contributed by atoms with Crippen LogP contribution in [-0.2, 0) is 17.8 Å². The summed E-state index contributed by atoms with van der Waals surface area (Å²) < 4.78 is 5.88. The summed E-state index contributed by atoms with van der Waals surface area (Å²) in [6.07, 6.45) is 2.24. The van der Waals surface area contributed by atoms with Gasteiger partial charge in [-0.25, -0.2) is 4.98 Å². The SMILES string of the molecule is CC(=O)Nc1nc(COc2cccc3c2NCCC3)cs1. The minimum absolute atomic E-state index is 0.113. The number of ether oxygens (including phenoxy) is 1. The number of fused-ring (bicyclic) bond motifs is 1. The Morgan fingerprint density at radius 1 is 1.52 bits per heavy atom. The summed E-state index contributed by atoms with van der Waals surface area (Å²) in [6, 6.07) is 6.12. The Labute approximate surface area is 127 Å². The lowest BCUT2D eigenvalue weighted by Crippen LogP contribution is -2.13. The number of nitrogens with one attached hydrogen (secondary N) is 2. The highest BCUT2D eigenvalue weighted by Gasteiger charge is 2.13. The molecule has 0 atom stereocenters. The number of aryl methyl sites for hydroxylation is 1. The predicted molar refractivity (Wildman–Crippen MR) is 84.0 cm³/mol. The number of amides is 1. The number of thiazole rings is 1. The van der Waals surface area contributed by atoms with Crippen molar-refractivity contribution >= 4 is 28.1 Å². The quantitative estimate of drug-likeness (QED) is 0.911. The van der Waals surface area contributed by atoms with Gasteiger partial charge in [0.2, 0.25) is 5.91 Å². The molecule has 21 heavy (non-hydrogen) atoms. The Hall–Kier alpha value is -2.08. The van der Waals surface area contributed by atoms with Crippen molar-refractivity contribution in [2.45, 2.75) is 26.4 Å². The molecule has 2 heterocycles. The fourth-order valence-electron chi connectivity index (χ4n) is 2.33. The van der Waals surface area contributed by atoms with Crippen molar-refractivity contribution in [2.75, 3.05) is 17.2 Å². The molecule has 0 saturated carbocycles. The van der Waals surface area contributed by atoms with E-state index in [9.17, 15) is 4.79 Å². The first-order valence-electron chi connectivity index (χ1n) is 6.93. The molecule has 2 N–H and O–H groups in total. The molecule has 3 rings (SSSR count). The van der Waals surface area contributed by atoms with E-state index in [0.29, 0.717) is 11.7 Å². The van der Waals surface area contributed by atoms with Crippen molar-refractivity contribution in [3.05, 3.63) is 34.8 Å². The number of benzene rings is 1. The Bertz CT molecular complexity index is 654. The molecule has 1 amide bonds. The lowest BCUT2D eigenvalue weighted by atomic mass is 10.0. The highest BCUT2D eigenvalue weighted by atomic mass is 32.1. The molecular formula is C15H17N3O2S. The Kier molecular flexibility index (Phi) is 4.06. The molecule has 1 aliphatic heterocycles. The third kappa shape index (κ3) is 3.33. The van der Waals surface area contributed by atoms with E-state index in [1.807, 2.05) is 17.5 Å². The van der Waals surface area contributed by atoms with Crippen LogP contribution in [0, 0.1) is 0 Å². The standard InChI is InChI=1S/C15H17N3O2S/c1-10(19)17-15-18-12(9-21-15)8-20-13-6-2-4-11-5-3-7-16-14(11)13/h2,4,6,9,16H,3,5,7-8H2,1H3,(H,17,18,19). The van der Waals surface area contributed by atoms with Gasteiger partial charge in [-0.2, -0.15) is 0 Å². The van der Waals surface area contributed by atoms with E-state index in [0.717, 1.165) is 36.5 Å². The Balaban J connectivity index is 1.67. The van der Waals surface area contributed by atoms with E-state index in [2.05, 4.69) is 21.7 Å². The fourth-order valence-corrected chi connectivity index (χ4v) is 3.07. The largest absolute Gasteiger partial charge is 0.485 e. The zero-order valence-electron chi connectivity index (χ0n) is 11.8. The lowest BCUT2D eigenvalue weighted by Gasteiger charge is -2.20. The second-order valence-corrected chi connectivity index (χ2v) is 5.79. The maximum atomic E-state index is 11.0. The van der Waals surface area contributed by atoms with Crippen LogP contribution in [0.5, 0.6) is 5.75 Å². The van der Waals surface area contributed by atoms with Gasteiger partial charge in [0.05, 0.1) is 11.4 Å². The highest BCUT2D eigenvalue weighted by Crippen LogP contribution is 2.32. The van der Waals surface area contributed by atoms with Gasteiger partial charge in [-0.3, -0.25) is 4.79 Å². The second-order valence-electron chi connectivity index (χ2n) is 4.93. The molecule has 0 radical (unpaired) electrons. The molecule has 1 aromatic heterocycles. The summed E-state index contributed by atoms with van der Waals surface area (Å²) in [4.78, 5) is 15.3. The monoisotopic (exact) mass is 303 g/mol. The van der Waals surface area contributed by atoms with Crippen LogP contribution < -0.4 is 15.4 Å². The summed E-state index contributed by atoms with van der Waals surface area (Å²) in [6.45, 7) is 2.85. The van der Waals surface area contributed by atoms with E-state index in [-0.39, 0.29) is 5.91 Å². The molecule has 0 spiro atoms. The zero-order chi connectivity index (χ0) is 14.7. The fraction of sp³-hybridized carbons (Fsp3) is 0.333. The van der Waals surface area contributed by atoms with E-state index in [4.69, 9.17) is 4.74 Å². The third-order valence-corrected chi connectivity index (χ3v) is 4.05. The molecule has 2 aromatic rings. The first-order valence-corrected chi connectivity index (χ1v) is 7.81. The van der Waals surface area contributed by atoms with Gasteiger partial charge in [-0.1, -0.05) is 12.1 Å². The molecular weight excluding hydrogens is 286 g/mol. The van der Waals surface area contributed by atoms with Gasteiger partial charge >= 0.3 is 0 Å². The molecule has 0 bridgehead atoms. The molecule has 0 fully saturated rings. The number of anilines is 2. The number of carbonyl (C=O) groups is 1. The summed E-state index contributed by atoms with van der Waals surface area (Å²) >= 11 is 1.40. The average molecular weight is 303 g/mol. The number of hydrogen-bond acceptors (Lipinski definition) is 5. The van der Waals surface area contributed by atoms with Gasteiger partial charge in [-0.15, -0.1) is 11.3 Å². The lowest BCUT2D eigenvalue weighted by molar-refractivity contribution is -0.114. The number of rotatable bonds is 4. The van der Waals surface area contributed by atoms with Crippen molar-refractivity contribution in [1.29, 1.82) is 0 Å². The van der Waals surface area contributed by atoms with Gasteiger partial charge in [0, 0.05) is 18.8 Å². The van der Waals surface area contributed by atoms with Crippen LogP contribution in [0.15, 0.2) is 23.6 Å². The van der Waals surface area contributed by atoms with Crippen LogP contribution in [0.4, 0.5) is 10.8 Å². The summed E-state index contributed by atoms with van der Waals surface area (Å²) in [5.74, 6) is 0.749. The van der Waals surface area contributed by atoms with Crippen LogP contribution >= 0.6 is 11.3 Å². The molecule has 1 aliphatic rings. The molecule has 0 aliphatic carbocycles. The predicted octanol–water partition coefficient (Wildman–Crippen LogP) is 3.04. The Morgan fingerprint density at radius 3 is 3.29 bits per heavy atom. The topological polar surface area (TPSA) is 63.2 Å². The zero-order valence-corrected chi connectivity index (χ0v) is 12.6. The maximum absolute atomic E-state index is 11.0. The highest BCUT2D eigenvalue weighted by molar-refractivity contribution is 7.13. The van der Waals surface area contributed by atoms with Crippen molar-refractivity contribution in [1.82, 2.24) is 4.98 Å². The number of nitrogens with zero attached hydrogens (tertiary/aromatic N) is 1. The smallest absolute Gasteiger partial charge is 0.223 e. The minimum atomic E-state index is -0.113.